The van der Waals surface area contributed by atoms with Crippen molar-refractivity contribution >= 4 is 17.5 Å². The molecular weight excluding hydrogens is 368 g/mol. The van der Waals surface area contributed by atoms with Crippen molar-refractivity contribution < 1.29 is 24.2 Å². The summed E-state index contributed by atoms with van der Waals surface area (Å²) < 4.78 is 5.80. The van der Waals surface area contributed by atoms with E-state index in [4.69, 9.17) is 4.74 Å². The largest absolute Gasteiger partial charge is 0.511 e. The molecule has 0 saturated heterocycles. The Morgan fingerprint density at radius 3 is 2.38 bits per heavy atom. The Bertz CT molecular complexity index is 853. The Morgan fingerprint density at radius 2 is 1.76 bits per heavy atom. The summed E-state index contributed by atoms with van der Waals surface area (Å²) >= 11 is 0. The van der Waals surface area contributed by atoms with Gasteiger partial charge in [0.2, 0.25) is 0 Å². The maximum absolute atomic E-state index is 12.8. The Kier molecular flexibility index (Phi) is 4.42. The molecule has 0 heterocycles. The van der Waals surface area contributed by atoms with Gasteiger partial charge in [0, 0.05) is 23.8 Å². The van der Waals surface area contributed by atoms with Crippen LogP contribution < -0.4 is 0 Å². The summed E-state index contributed by atoms with van der Waals surface area (Å²) in [5.41, 5.74) is -0.925. The van der Waals surface area contributed by atoms with Crippen molar-refractivity contribution in [3.63, 3.8) is 0 Å². The number of carbonyl (C=O) groups is 3. The van der Waals surface area contributed by atoms with E-state index in [1.807, 2.05) is 0 Å². The van der Waals surface area contributed by atoms with Gasteiger partial charge in [0.1, 0.15) is 5.76 Å². The van der Waals surface area contributed by atoms with Crippen LogP contribution in [-0.2, 0) is 19.1 Å². The van der Waals surface area contributed by atoms with Gasteiger partial charge in [-0.1, -0.05) is 13.8 Å². The lowest BCUT2D eigenvalue weighted by molar-refractivity contribution is -0.187. The van der Waals surface area contributed by atoms with Crippen LogP contribution in [0.2, 0.25) is 0 Å². The third-order valence-corrected chi connectivity index (χ3v) is 9.05. The van der Waals surface area contributed by atoms with Crippen molar-refractivity contribution in [1.29, 1.82) is 0 Å². The van der Waals surface area contributed by atoms with E-state index in [9.17, 15) is 19.5 Å². The second kappa shape index (κ2) is 6.29. The average Bonchev–Trinajstić information content (AvgIpc) is 2.91. The minimum atomic E-state index is -1.05. The zero-order valence-electron chi connectivity index (χ0n) is 18.1. The number of Topliss-reactive ketones (excluding diaryl/α,β-unsaturated/α-hetero) is 1. The van der Waals surface area contributed by atoms with Crippen LogP contribution in [0.4, 0.5) is 0 Å². The van der Waals surface area contributed by atoms with Gasteiger partial charge >= 0.3 is 5.97 Å². The highest BCUT2D eigenvalue weighted by atomic mass is 16.6. The molecule has 4 aliphatic rings. The zero-order valence-corrected chi connectivity index (χ0v) is 18.1. The predicted octanol–water partition coefficient (Wildman–Crippen LogP) is 4.32. The van der Waals surface area contributed by atoms with Crippen LogP contribution in [-0.4, -0.2) is 28.2 Å². The molecule has 0 radical (unpaired) electrons. The van der Waals surface area contributed by atoms with Gasteiger partial charge in [0.05, 0.1) is 0 Å². The topological polar surface area (TPSA) is 80.7 Å². The summed E-state index contributed by atoms with van der Waals surface area (Å²) in [6, 6.07) is 0. The highest BCUT2D eigenvalue weighted by molar-refractivity contribution is 6.01. The molecule has 0 aromatic rings. The molecule has 3 saturated carbocycles. The van der Waals surface area contributed by atoms with Gasteiger partial charge in [-0.15, -0.1) is 0 Å². The van der Waals surface area contributed by atoms with Gasteiger partial charge in [-0.25, -0.2) is 0 Å². The van der Waals surface area contributed by atoms with E-state index in [0.717, 1.165) is 31.3 Å². The van der Waals surface area contributed by atoms with E-state index in [2.05, 4.69) is 20.8 Å². The predicted molar refractivity (Wildman–Crippen MR) is 108 cm³/mol. The van der Waals surface area contributed by atoms with Crippen LogP contribution in [0.5, 0.6) is 0 Å². The minimum absolute atomic E-state index is 0.0576. The second-order valence-corrected chi connectivity index (χ2v) is 10.2. The molecule has 0 spiro atoms. The summed E-state index contributed by atoms with van der Waals surface area (Å²) in [5, 5.41) is 10.9. The Morgan fingerprint density at radius 1 is 1.10 bits per heavy atom. The Hall–Kier alpha value is -1.91. The van der Waals surface area contributed by atoms with Crippen LogP contribution in [0, 0.1) is 34.5 Å². The number of allylic oxidation sites excluding steroid dienone is 3. The van der Waals surface area contributed by atoms with Gasteiger partial charge in [-0.05, 0) is 81.3 Å². The molecule has 1 unspecified atom stereocenters. The van der Waals surface area contributed by atoms with Gasteiger partial charge in [0.15, 0.2) is 17.2 Å². The van der Waals surface area contributed by atoms with Crippen molar-refractivity contribution in [1.82, 2.24) is 0 Å². The van der Waals surface area contributed by atoms with Gasteiger partial charge in [-0.3, -0.25) is 14.4 Å². The van der Waals surface area contributed by atoms with Crippen molar-refractivity contribution in [3.05, 3.63) is 23.5 Å². The molecule has 5 heteroatoms. The highest BCUT2D eigenvalue weighted by Gasteiger charge is 2.68. The number of ketones is 2. The molecule has 0 amide bonds. The lowest BCUT2D eigenvalue weighted by Gasteiger charge is -2.59. The Balaban J connectivity index is 1.77. The first-order valence-corrected chi connectivity index (χ1v) is 10.8. The number of hydrogen-bond donors (Lipinski definition) is 1. The molecule has 0 aromatic carbocycles. The summed E-state index contributed by atoms with van der Waals surface area (Å²) in [6.07, 6.45) is 7.05. The molecule has 5 nitrogen and oxygen atoms in total. The molecule has 7 atom stereocenters. The number of carbonyl (C=O) groups excluding carboxylic acids is 3. The van der Waals surface area contributed by atoms with Crippen molar-refractivity contribution in [3.8, 4) is 0 Å². The maximum atomic E-state index is 12.8. The molecule has 4 aliphatic carbocycles. The van der Waals surface area contributed by atoms with E-state index < -0.39 is 22.4 Å². The summed E-state index contributed by atoms with van der Waals surface area (Å²) in [4.78, 5) is 36.8. The Labute approximate surface area is 172 Å². The number of ether oxygens (including phenoxy) is 1. The number of fused-ring (bicyclic) bond motifs is 5. The SMILES string of the molecule is CC(=O)O[C@@]1(C(C)=O)CC[C@H]2[C@@H]3CC(C)C4=CC(=O)C=C(O)[C@]4(C)[C@H]3CC[C@@]21C. The third kappa shape index (κ3) is 2.48. The van der Waals surface area contributed by atoms with Crippen LogP contribution in [0.3, 0.4) is 0 Å². The van der Waals surface area contributed by atoms with Gasteiger partial charge < -0.3 is 9.84 Å². The van der Waals surface area contributed by atoms with Crippen molar-refractivity contribution in [2.75, 3.05) is 0 Å². The molecular formula is C24H32O5. The van der Waals surface area contributed by atoms with Crippen LogP contribution in [0.15, 0.2) is 23.5 Å². The lowest BCUT2D eigenvalue weighted by atomic mass is 9.45. The highest BCUT2D eigenvalue weighted by Crippen LogP contribution is 2.69. The monoisotopic (exact) mass is 400 g/mol. The summed E-state index contributed by atoms with van der Waals surface area (Å²) in [6.45, 7) is 9.28. The van der Waals surface area contributed by atoms with Crippen molar-refractivity contribution in [2.45, 2.75) is 72.3 Å². The number of rotatable bonds is 2. The van der Waals surface area contributed by atoms with Crippen LogP contribution >= 0.6 is 0 Å². The van der Waals surface area contributed by atoms with Gasteiger partial charge in [0.25, 0.3) is 0 Å². The van der Waals surface area contributed by atoms with E-state index in [1.165, 1.54) is 13.0 Å². The first kappa shape index (κ1) is 20.4. The normalized spacial score (nSPS) is 46.0. The number of esters is 1. The average molecular weight is 401 g/mol. The first-order valence-electron chi connectivity index (χ1n) is 10.8. The molecule has 1 N–H and O–H groups in total. The fourth-order valence-corrected chi connectivity index (χ4v) is 7.77. The first-order chi connectivity index (χ1) is 13.5. The molecule has 0 aromatic heterocycles. The fraction of sp³-hybridized carbons (Fsp3) is 0.708. The standard InChI is InChI=1S/C24H32O5/c1-13-10-17-18-7-9-24(14(2)25,29-15(3)26)22(18,4)8-6-19(17)23(5)20(13)11-16(27)12-21(23)28/h11-13,17-19,28H,6-10H2,1-5H3/t13?,17-,18-,19-,22-,23+,24+/m0/s1. The second-order valence-electron chi connectivity index (χ2n) is 10.2. The molecule has 4 rings (SSSR count). The fourth-order valence-electron chi connectivity index (χ4n) is 7.77. The number of aliphatic hydroxyl groups excluding tert-OH is 1. The lowest BCUT2D eigenvalue weighted by Crippen LogP contribution is -2.59. The van der Waals surface area contributed by atoms with Gasteiger partial charge in [-0.2, -0.15) is 0 Å². The zero-order chi connectivity index (χ0) is 21.4. The van der Waals surface area contributed by atoms with Crippen LogP contribution in [0.1, 0.15) is 66.7 Å². The third-order valence-electron chi connectivity index (χ3n) is 9.05. The summed E-state index contributed by atoms with van der Waals surface area (Å²) in [5.74, 6) is 0.551. The maximum Gasteiger partial charge on any atom is 0.303 e. The quantitative estimate of drug-likeness (QED) is 0.698. The van der Waals surface area contributed by atoms with E-state index in [0.29, 0.717) is 12.3 Å². The smallest absolute Gasteiger partial charge is 0.303 e. The van der Waals surface area contributed by atoms with E-state index in [-0.39, 0.29) is 35.1 Å². The molecule has 3 fully saturated rings. The molecule has 0 aliphatic heterocycles. The summed E-state index contributed by atoms with van der Waals surface area (Å²) in [7, 11) is 0. The molecule has 158 valence electrons. The number of hydrogen-bond acceptors (Lipinski definition) is 5. The molecule has 0 bridgehead atoms. The van der Waals surface area contributed by atoms with Crippen LogP contribution in [0.25, 0.3) is 0 Å². The minimum Gasteiger partial charge on any atom is -0.511 e. The molecule has 29 heavy (non-hydrogen) atoms. The van der Waals surface area contributed by atoms with E-state index in [1.54, 1.807) is 13.0 Å². The van der Waals surface area contributed by atoms with Crippen molar-refractivity contribution in [2.24, 2.45) is 34.5 Å². The van der Waals surface area contributed by atoms with E-state index >= 15 is 0 Å². The number of aliphatic hydroxyl groups is 1.